The molecule has 21 heavy (non-hydrogen) atoms. The predicted molar refractivity (Wildman–Crippen MR) is 77.7 cm³/mol. The molecule has 2 heterocycles. The van der Waals surface area contributed by atoms with Gasteiger partial charge in [0.05, 0.1) is 17.8 Å². The molecule has 5 heteroatoms. The van der Waals surface area contributed by atoms with Crippen LogP contribution in [0.4, 0.5) is 0 Å². The number of carbonyl (C=O) groups excluding carboxylic acids is 1. The number of hydrogen-bond acceptors (Lipinski definition) is 3. The number of aromatic nitrogens is 2. The van der Waals surface area contributed by atoms with Crippen molar-refractivity contribution in [3.63, 3.8) is 0 Å². The Kier molecular flexibility index (Phi) is 2.89. The second-order valence-electron chi connectivity index (χ2n) is 7.18. The van der Waals surface area contributed by atoms with Gasteiger partial charge < -0.3 is 10.1 Å². The molecule has 5 nitrogen and oxygen atoms in total. The van der Waals surface area contributed by atoms with Gasteiger partial charge in [0, 0.05) is 25.8 Å². The summed E-state index contributed by atoms with van der Waals surface area (Å²) in [6.07, 6.45) is 8.50. The minimum Gasteiger partial charge on any atom is -0.375 e. The third kappa shape index (κ3) is 2.37. The summed E-state index contributed by atoms with van der Waals surface area (Å²) in [4.78, 5) is 12.6. The largest absolute Gasteiger partial charge is 0.375 e. The van der Waals surface area contributed by atoms with Crippen LogP contribution in [-0.2, 0) is 16.6 Å². The van der Waals surface area contributed by atoms with Crippen LogP contribution < -0.4 is 5.32 Å². The van der Waals surface area contributed by atoms with Gasteiger partial charge in [-0.1, -0.05) is 0 Å². The van der Waals surface area contributed by atoms with E-state index in [0.29, 0.717) is 11.8 Å². The molecule has 1 aromatic rings. The second-order valence-corrected chi connectivity index (χ2v) is 7.18. The topological polar surface area (TPSA) is 56.2 Å². The van der Waals surface area contributed by atoms with Crippen LogP contribution in [-0.4, -0.2) is 33.9 Å². The van der Waals surface area contributed by atoms with Crippen LogP contribution >= 0.6 is 0 Å². The fourth-order valence-corrected chi connectivity index (χ4v) is 3.77. The van der Waals surface area contributed by atoms with Crippen molar-refractivity contribution >= 4 is 5.91 Å². The van der Waals surface area contributed by atoms with Crippen LogP contribution in [0.2, 0.25) is 0 Å². The smallest absolute Gasteiger partial charge is 0.224 e. The molecule has 0 radical (unpaired) electrons. The molecule has 1 amide bonds. The lowest BCUT2D eigenvalue weighted by Gasteiger charge is -2.31. The summed E-state index contributed by atoms with van der Waals surface area (Å²) in [5, 5.41) is 7.50. The summed E-state index contributed by atoms with van der Waals surface area (Å²) in [6, 6.07) is 0. The maximum Gasteiger partial charge on any atom is 0.224 e. The van der Waals surface area contributed by atoms with E-state index >= 15 is 0 Å². The lowest BCUT2D eigenvalue weighted by Crippen LogP contribution is -2.53. The highest BCUT2D eigenvalue weighted by molar-refractivity contribution is 5.83. The molecule has 1 N–H and O–H groups in total. The van der Waals surface area contributed by atoms with Crippen LogP contribution in [0, 0.1) is 11.8 Å². The van der Waals surface area contributed by atoms with Crippen molar-refractivity contribution in [1.29, 1.82) is 0 Å². The van der Waals surface area contributed by atoms with E-state index < -0.39 is 0 Å². The number of amides is 1. The number of rotatable bonds is 4. The molecule has 0 bridgehead atoms. The maximum absolute atomic E-state index is 12.6. The first kappa shape index (κ1) is 13.3. The molecule has 4 rings (SSSR count). The van der Waals surface area contributed by atoms with E-state index in [1.54, 1.807) is 4.68 Å². The third-order valence-corrected chi connectivity index (χ3v) is 5.29. The summed E-state index contributed by atoms with van der Waals surface area (Å²) in [5.41, 5.74) is 1.02. The van der Waals surface area contributed by atoms with Gasteiger partial charge in [-0.05, 0) is 50.0 Å². The number of nitrogens with zero attached hydrogens (tertiary/aromatic N) is 2. The van der Waals surface area contributed by atoms with Gasteiger partial charge in [-0.15, -0.1) is 0 Å². The zero-order valence-electron chi connectivity index (χ0n) is 12.7. The van der Waals surface area contributed by atoms with Crippen LogP contribution in [0.3, 0.4) is 0 Å². The van der Waals surface area contributed by atoms with Crippen molar-refractivity contribution in [2.75, 3.05) is 6.61 Å². The van der Waals surface area contributed by atoms with E-state index in [-0.39, 0.29) is 23.5 Å². The highest BCUT2D eigenvalue weighted by Gasteiger charge is 2.52. The molecule has 3 fully saturated rings. The Labute approximate surface area is 125 Å². The highest BCUT2D eigenvalue weighted by atomic mass is 16.5. The number of aryl methyl sites for hydroxylation is 1. The summed E-state index contributed by atoms with van der Waals surface area (Å²) in [7, 11) is 1.91. The fraction of sp³-hybridized carbons (Fsp3) is 0.750. The van der Waals surface area contributed by atoms with Crippen LogP contribution in [0.25, 0.3) is 0 Å². The molecule has 1 aliphatic heterocycles. The van der Waals surface area contributed by atoms with Crippen LogP contribution in [0.15, 0.2) is 12.4 Å². The average molecular weight is 289 g/mol. The lowest BCUT2D eigenvalue weighted by atomic mass is 9.90. The van der Waals surface area contributed by atoms with Gasteiger partial charge >= 0.3 is 0 Å². The molecular formula is C16H23N3O2. The van der Waals surface area contributed by atoms with Crippen molar-refractivity contribution in [3.8, 4) is 0 Å². The Morgan fingerprint density at radius 2 is 2.33 bits per heavy atom. The molecule has 2 unspecified atom stereocenters. The van der Waals surface area contributed by atoms with E-state index in [1.165, 1.54) is 18.4 Å². The van der Waals surface area contributed by atoms with E-state index in [1.807, 2.05) is 19.4 Å². The van der Waals surface area contributed by atoms with E-state index in [2.05, 4.69) is 17.3 Å². The summed E-state index contributed by atoms with van der Waals surface area (Å²) in [6.45, 7) is 2.93. The van der Waals surface area contributed by atoms with Gasteiger partial charge in [0.1, 0.15) is 0 Å². The van der Waals surface area contributed by atoms with E-state index in [4.69, 9.17) is 4.74 Å². The normalized spacial score (nSPS) is 38.5. The molecule has 1 saturated heterocycles. The van der Waals surface area contributed by atoms with Crippen LogP contribution in [0.5, 0.6) is 0 Å². The van der Waals surface area contributed by atoms with Crippen LogP contribution in [0.1, 0.15) is 44.1 Å². The monoisotopic (exact) mass is 289 g/mol. The number of carbonyl (C=O) groups is 1. The maximum atomic E-state index is 12.6. The SMILES string of the molecule is Cn1cc([C@@H]2C[C@H]2C(=O)NC2(C)CCOC2C2CC2)cn1. The van der Waals surface area contributed by atoms with E-state index in [9.17, 15) is 4.79 Å². The standard InChI is InChI=1S/C16H23N3O2/c1-16(5-6-21-14(16)10-3-4-10)18-15(20)13-7-12(13)11-8-17-19(2)9-11/h8-10,12-14H,3-7H2,1-2H3,(H,18,20)/t12-,13+,14?,16?/m0/s1. The van der Waals surface area contributed by atoms with Crippen molar-refractivity contribution in [2.24, 2.45) is 18.9 Å². The van der Waals surface area contributed by atoms with E-state index in [0.717, 1.165) is 19.4 Å². The molecule has 0 spiro atoms. The first-order chi connectivity index (χ1) is 10.1. The highest BCUT2D eigenvalue weighted by Crippen LogP contribution is 2.49. The Bertz CT molecular complexity index is 566. The van der Waals surface area contributed by atoms with Gasteiger partial charge in [-0.3, -0.25) is 9.48 Å². The summed E-state index contributed by atoms with van der Waals surface area (Å²) < 4.78 is 7.68. The molecule has 1 aromatic heterocycles. The molecular weight excluding hydrogens is 266 g/mol. The Hall–Kier alpha value is -1.36. The average Bonchev–Trinajstić information content (AvgIpc) is 3.35. The van der Waals surface area contributed by atoms with Gasteiger partial charge in [0.2, 0.25) is 5.91 Å². The zero-order valence-corrected chi connectivity index (χ0v) is 12.7. The fourth-order valence-electron chi connectivity index (χ4n) is 3.77. The third-order valence-electron chi connectivity index (χ3n) is 5.29. The van der Waals surface area contributed by atoms with Gasteiger partial charge in [-0.25, -0.2) is 0 Å². The summed E-state index contributed by atoms with van der Waals surface area (Å²) in [5.74, 6) is 1.32. The van der Waals surface area contributed by atoms with Gasteiger partial charge in [-0.2, -0.15) is 5.10 Å². The minimum atomic E-state index is -0.166. The Morgan fingerprint density at radius 1 is 1.52 bits per heavy atom. The molecule has 114 valence electrons. The predicted octanol–water partition coefficient (Wildman–Crippen LogP) is 1.60. The van der Waals surface area contributed by atoms with Gasteiger partial charge in [0.15, 0.2) is 0 Å². The van der Waals surface area contributed by atoms with Crippen molar-refractivity contribution < 1.29 is 9.53 Å². The minimum absolute atomic E-state index is 0.117. The number of ether oxygens (including phenoxy) is 1. The first-order valence-electron chi connectivity index (χ1n) is 7.99. The molecule has 4 atom stereocenters. The van der Waals surface area contributed by atoms with Crippen molar-refractivity contribution in [3.05, 3.63) is 18.0 Å². The number of hydrogen-bond donors (Lipinski definition) is 1. The molecule has 2 saturated carbocycles. The first-order valence-corrected chi connectivity index (χ1v) is 7.99. The van der Waals surface area contributed by atoms with Crippen molar-refractivity contribution in [1.82, 2.24) is 15.1 Å². The summed E-state index contributed by atoms with van der Waals surface area (Å²) >= 11 is 0. The zero-order chi connectivity index (χ0) is 14.6. The number of nitrogens with one attached hydrogen (secondary N) is 1. The molecule has 2 aliphatic carbocycles. The molecule has 3 aliphatic rings. The Morgan fingerprint density at radius 3 is 3.00 bits per heavy atom. The van der Waals surface area contributed by atoms with Crippen molar-refractivity contribution in [2.45, 2.75) is 50.2 Å². The Balaban J connectivity index is 1.40. The molecule has 0 aromatic carbocycles. The van der Waals surface area contributed by atoms with Gasteiger partial charge in [0.25, 0.3) is 0 Å². The lowest BCUT2D eigenvalue weighted by molar-refractivity contribution is -0.125. The quantitative estimate of drug-likeness (QED) is 0.916. The second kappa shape index (κ2) is 4.57.